The van der Waals surface area contributed by atoms with E-state index < -0.39 is 0 Å². The standard InChI is InChI=1S/C14H17FN4O/c1-3-16-13-12(20-2)14(19-9-18-13)17-8-10-6-4-5-7-11(10)15/h4-7,9H,3,8H2,1-2H3,(H2,16,17,18,19). The maximum Gasteiger partial charge on any atom is 0.204 e. The van der Waals surface area contributed by atoms with Crippen molar-refractivity contribution in [1.82, 2.24) is 9.97 Å². The summed E-state index contributed by atoms with van der Waals surface area (Å²) in [6.45, 7) is 3.01. The lowest BCUT2D eigenvalue weighted by Crippen LogP contribution is -2.08. The Hall–Kier alpha value is -2.37. The third kappa shape index (κ3) is 3.14. The summed E-state index contributed by atoms with van der Waals surface area (Å²) in [4.78, 5) is 8.24. The molecule has 0 atom stereocenters. The summed E-state index contributed by atoms with van der Waals surface area (Å²) >= 11 is 0. The van der Waals surface area contributed by atoms with E-state index in [1.54, 1.807) is 25.3 Å². The Labute approximate surface area is 117 Å². The molecule has 20 heavy (non-hydrogen) atoms. The average Bonchev–Trinajstić information content (AvgIpc) is 2.47. The van der Waals surface area contributed by atoms with Gasteiger partial charge in [-0.2, -0.15) is 0 Å². The highest BCUT2D eigenvalue weighted by molar-refractivity contribution is 5.63. The minimum absolute atomic E-state index is 0.250. The predicted octanol–water partition coefficient (Wildman–Crippen LogP) is 2.67. The van der Waals surface area contributed by atoms with Crippen LogP contribution in [0.4, 0.5) is 16.0 Å². The fraction of sp³-hybridized carbons (Fsp3) is 0.286. The van der Waals surface area contributed by atoms with Gasteiger partial charge in [-0.05, 0) is 13.0 Å². The number of halogens is 1. The van der Waals surface area contributed by atoms with Crippen LogP contribution < -0.4 is 15.4 Å². The Balaban J connectivity index is 2.17. The maximum absolute atomic E-state index is 13.6. The highest BCUT2D eigenvalue weighted by Crippen LogP contribution is 2.29. The SMILES string of the molecule is CCNc1ncnc(NCc2ccccc2F)c1OC. The second kappa shape index (κ2) is 6.70. The summed E-state index contributed by atoms with van der Waals surface area (Å²) in [6, 6.07) is 6.61. The van der Waals surface area contributed by atoms with E-state index in [0.29, 0.717) is 29.5 Å². The van der Waals surface area contributed by atoms with Crippen LogP contribution in [0.1, 0.15) is 12.5 Å². The molecule has 0 aliphatic rings. The summed E-state index contributed by atoms with van der Waals surface area (Å²) in [5, 5.41) is 6.15. The maximum atomic E-state index is 13.6. The number of nitrogens with zero attached hydrogens (tertiary/aromatic N) is 2. The van der Waals surface area contributed by atoms with E-state index >= 15 is 0 Å². The van der Waals surface area contributed by atoms with Gasteiger partial charge in [0.25, 0.3) is 0 Å². The second-order valence-electron chi connectivity index (χ2n) is 4.08. The molecule has 2 rings (SSSR count). The third-order valence-corrected chi connectivity index (χ3v) is 2.76. The first-order valence-corrected chi connectivity index (χ1v) is 6.36. The summed E-state index contributed by atoms with van der Waals surface area (Å²) < 4.78 is 18.9. The Morgan fingerprint density at radius 1 is 1.15 bits per heavy atom. The zero-order valence-electron chi connectivity index (χ0n) is 11.5. The molecule has 2 N–H and O–H groups in total. The van der Waals surface area contributed by atoms with E-state index in [0.717, 1.165) is 6.54 Å². The van der Waals surface area contributed by atoms with Crippen molar-refractivity contribution in [1.29, 1.82) is 0 Å². The molecule has 0 amide bonds. The summed E-state index contributed by atoms with van der Waals surface area (Å²) in [6.07, 6.45) is 1.43. The number of rotatable bonds is 6. The largest absolute Gasteiger partial charge is 0.490 e. The molecule has 0 radical (unpaired) electrons. The second-order valence-corrected chi connectivity index (χ2v) is 4.08. The molecule has 106 valence electrons. The summed E-state index contributed by atoms with van der Waals surface area (Å²) in [5.41, 5.74) is 0.568. The van der Waals surface area contributed by atoms with Gasteiger partial charge in [0.1, 0.15) is 12.1 Å². The molecule has 0 bridgehead atoms. The van der Waals surface area contributed by atoms with Gasteiger partial charge in [0.05, 0.1) is 7.11 Å². The Kier molecular flexibility index (Phi) is 4.70. The van der Waals surface area contributed by atoms with Gasteiger partial charge in [-0.25, -0.2) is 14.4 Å². The molecule has 0 spiro atoms. The van der Waals surface area contributed by atoms with Crippen molar-refractivity contribution in [2.45, 2.75) is 13.5 Å². The molecule has 5 nitrogen and oxygen atoms in total. The lowest BCUT2D eigenvalue weighted by molar-refractivity contribution is 0.414. The molecule has 0 aliphatic heterocycles. The Morgan fingerprint density at radius 3 is 2.50 bits per heavy atom. The smallest absolute Gasteiger partial charge is 0.204 e. The van der Waals surface area contributed by atoms with Crippen molar-refractivity contribution in [3.8, 4) is 5.75 Å². The topological polar surface area (TPSA) is 59.1 Å². The van der Waals surface area contributed by atoms with Crippen LogP contribution in [0.5, 0.6) is 5.75 Å². The van der Waals surface area contributed by atoms with Crippen molar-refractivity contribution < 1.29 is 9.13 Å². The minimum Gasteiger partial charge on any atom is -0.490 e. The molecule has 1 aromatic carbocycles. The number of methoxy groups -OCH3 is 1. The summed E-state index contributed by atoms with van der Waals surface area (Å²) in [7, 11) is 1.55. The molecular formula is C14H17FN4O. The van der Waals surface area contributed by atoms with Crippen molar-refractivity contribution >= 4 is 11.6 Å². The quantitative estimate of drug-likeness (QED) is 0.849. The number of aromatic nitrogens is 2. The molecule has 1 heterocycles. The van der Waals surface area contributed by atoms with Gasteiger partial charge in [0.15, 0.2) is 11.6 Å². The van der Waals surface area contributed by atoms with Crippen molar-refractivity contribution in [2.24, 2.45) is 0 Å². The van der Waals surface area contributed by atoms with Crippen molar-refractivity contribution in [2.75, 3.05) is 24.3 Å². The first kappa shape index (κ1) is 14.0. The van der Waals surface area contributed by atoms with E-state index in [1.807, 2.05) is 6.92 Å². The molecule has 0 aliphatic carbocycles. The van der Waals surface area contributed by atoms with Gasteiger partial charge >= 0.3 is 0 Å². The molecule has 0 fully saturated rings. The van der Waals surface area contributed by atoms with E-state index in [4.69, 9.17) is 4.74 Å². The third-order valence-electron chi connectivity index (χ3n) is 2.76. The van der Waals surface area contributed by atoms with E-state index in [-0.39, 0.29) is 5.82 Å². The first-order chi connectivity index (χ1) is 9.76. The lowest BCUT2D eigenvalue weighted by Gasteiger charge is -2.13. The van der Waals surface area contributed by atoms with Gasteiger partial charge in [-0.3, -0.25) is 0 Å². The number of hydrogen-bond donors (Lipinski definition) is 2. The normalized spacial score (nSPS) is 10.2. The first-order valence-electron chi connectivity index (χ1n) is 6.36. The average molecular weight is 276 g/mol. The van der Waals surface area contributed by atoms with Gasteiger partial charge < -0.3 is 15.4 Å². The highest BCUT2D eigenvalue weighted by atomic mass is 19.1. The van der Waals surface area contributed by atoms with E-state index in [9.17, 15) is 4.39 Å². The number of anilines is 2. The van der Waals surface area contributed by atoms with E-state index in [1.165, 1.54) is 12.4 Å². The van der Waals surface area contributed by atoms with Crippen molar-refractivity contribution in [3.63, 3.8) is 0 Å². The zero-order valence-corrected chi connectivity index (χ0v) is 11.5. The monoisotopic (exact) mass is 276 g/mol. The number of nitrogens with one attached hydrogen (secondary N) is 2. The Bertz CT molecular complexity index is 577. The van der Waals surface area contributed by atoms with Crippen LogP contribution in [0.25, 0.3) is 0 Å². The molecular weight excluding hydrogens is 259 g/mol. The Morgan fingerprint density at radius 2 is 1.85 bits per heavy atom. The molecule has 0 unspecified atom stereocenters. The van der Waals surface area contributed by atoms with Crippen LogP contribution >= 0.6 is 0 Å². The molecule has 0 saturated carbocycles. The number of ether oxygens (including phenoxy) is 1. The lowest BCUT2D eigenvalue weighted by atomic mass is 10.2. The van der Waals surface area contributed by atoms with Crippen LogP contribution in [0.2, 0.25) is 0 Å². The molecule has 0 saturated heterocycles. The van der Waals surface area contributed by atoms with Crippen LogP contribution in [-0.4, -0.2) is 23.6 Å². The van der Waals surface area contributed by atoms with Gasteiger partial charge in [0.2, 0.25) is 5.75 Å². The zero-order chi connectivity index (χ0) is 14.4. The number of benzene rings is 1. The van der Waals surface area contributed by atoms with Crippen LogP contribution in [0.15, 0.2) is 30.6 Å². The van der Waals surface area contributed by atoms with Gasteiger partial charge in [0, 0.05) is 18.7 Å². The highest BCUT2D eigenvalue weighted by Gasteiger charge is 2.11. The van der Waals surface area contributed by atoms with Crippen LogP contribution in [-0.2, 0) is 6.54 Å². The molecule has 1 aromatic heterocycles. The van der Waals surface area contributed by atoms with Gasteiger partial charge in [-0.1, -0.05) is 18.2 Å². The molecule has 2 aromatic rings. The fourth-order valence-corrected chi connectivity index (χ4v) is 1.81. The van der Waals surface area contributed by atoms with Crippen LogP contribution in [0, 0.1) is 5.82 Å². The van der Waals surface area contributed by atoms with Gasteiger partial charge in [-0.15, -0.1) is 0 Å². The van der Waals surface area contributed by atoms with Crippen LogP contribution in [0.3, 0.4) is 0 Å². The minimum atomic E-state index is -0.250. The van der Waals surface area contributed by atoms with Crippen molar-refractivity contribution in [3.05, 3.63) is 42.0 Å². The summed E-state index contributed by atoms with van der Waals surface area (Å²) in [5.74, 6) is 1.41. The molecule has 6 heteroatoms. The fourth-order valence-electron chi connectivity index (χ4n) is 1.81. The van der Waals surface area contributed by atoms with E-state index in [2.05, 4.69) is 20.6 Å². The predicted molar refractivity (Wildman–Crippen MR) is 76.5 cm³/mol. The number of hydrogen-bond acceptors (Lipinski definition) is 5.